The van der Waals surface area contributed by atoms with Crippen LogP contribution in [0.5, 0.6) is 5.88 Å². The van der Waals surface area contributed by atoms with Crippen LogP contribution in [0.4, 0.5) is 13.2 Å². The smallest absolute Gasteiger partial charge is 0.422 e. The monoisotopic (exact) mass is 409 g/mol. The number of aromatic nitrogens is 4. The first kappa shape index (κ1) is 20.4. The summed E-state index contributed by atoms with van der Waals surface area (Å²) in [5.41, 5.74) is 1.30. The van der Waals surface area contributed by atoms with Crippen LogP contribution in [0.1, 0.15) is 27.5 Å². The molecule has 1 N–H and O–H groups in total. The highest BCUT2D eigenvalue weighted by Gasteiger charge is 2.32. The Balaban J connectivity index is 1.92. The second kappa shape index (κ2) is 7.94. The molecule has 3 heterocycles. The van der Waals surface area contributed by atoms with Crippen molar-refractivity contribution in [2.75, 3.05) is 6.61 Å². The second-order valence-electron chi connectivity index (χ2n) is 6.26. The minimum atomic E-state index is -4.53. The number of hydrogen-bond donors (Lipinski definition) is 1. The Morgan fingerprint density at radius 2 is 2.07 bits per heavy atom. The van der Waals surface area contributed by atoms with Crippen LogP contribution in [0.2, 0.25) is 0 Å². The van der Waals surface area contributed by atoms with Gasteiger partial charge in [-0.1, -0.05) is 11.2 Å². The van der Waals surface area contributed by atoms with Gasteiger partial charge < -0.3 is 14.6 Å². The van der Waals surface area contributed by atoms with Crippen LogP contribution in [0.3, 0.4) is 0 Å². The van der Waals surface area contributed by atoms with E-state index in [1.54, 1.807) is 31.3 Å². The van der Waals surface area contributed by atoms with Crippen LogP contribution in [-0.2, 0) is 13.6 Å². The van der Waals surface area contributed by atoms with Crippen LogP contribution in [0, 0.1) is 13.8 Å². The highest BCUT2D eigenvalue weighted by atomic mass is 19.4. The summed E-state index contributed by atoms with van der Waals surface area (Å²) in [6.07, 6.45) is -2.93. The summed E-state index contributed by atoms with van der Waals surface area (Å²) in [6, 6.07) is 5.28. The van der Waals surface area contributed by atoms with Crippen LogP contribution in [-0.4, -0.2) is 38.6 Å². The molecule has 29 heavy (non-hydrogen) atoms. The van der Waals surface area contributed by atoms with E-state index in [-0.39, 0.29) is 35.0 Å². The molecule has 0 saturated carbocycles. The van der Waals surface area contributed by atoms with E-state index in [2.05, 4.69) is 20.6 Å². The topological polar surface area (TPSA) is 95.1 Å². The van der Waals surface area contributed by atoms with E-state index in [4.69, 9.17) is 9.26 Å². The number of pyridine rings is 1. The Bertz CT molecular complexity index is 1010. The van der Waals surface area contributed by atoms with E-state index in [1.165, 1.54) is 14.0 Å². The number of alkyl halides is 3. The summed E-state index contributed by atoms with van der Waals surface area (Å²) in [6.45, 7) is 1.77. The minimum Gasteiger partial charge on any atom is -0.468 e. The fraction of sp³-hybridized carbons (Fsp3) is 0.333. The van der Waals surface area contributed by atoms with Crippen LogP contribution in [0.15, 0.2) is 28.9 Å². The summed E-state index contributed by atoms with van der Waals surface area (Å²) >= 11 is 0. The van der Waals surface area contributed by atoms with Gasteiger partial charge in [-0.25, -0.2) is 4.68 Å². The molecule has 0 fully saturated rings. The molecule has 3 aromatic heterocycles. The molecule has 11 heteroatoms. The third kappa shape index (κ3) is 4.55. The maximum Gasteiger partial charge on any atom is 0.422 e. The van der Waals surface area contributed by atoms with Crippen molar-refractivity contribution in [2.45, 2.75) is 26.6 Å². The van der Waals surface area contributed by atoms with E-state index < -0.39 is 18.7 Å². The van der Waals surface area contributed by atoms with Crippen LogP contribution in [0.25, 0.3) is 11.3 Å². The highest BCUT2D eigenvalue weighted by Crippen LogP contribution is 2.36. The van der Waals surface area contributed by atoms with Gasteiger partial charge in [0, 0.05) is 13.2 Å². The first-order chi connectivity index (χ1) is 13.7. The molecule has 0 unspecified atom stereocenters. The molecule has 1 amide bonds. The van der Waals surface area contributed by atoms with Crippen LogP contribution >= 0.6 is 0 Å². The molecular weight excluding hydrogens is 391 g/mol. The van der Waals surface area contributed by atoms with Crippen molar-refractivity contribution in [1.82, 2.24) is 25.2 Å². The molecule has 0 atom stereocenters. The van der Waals surface area contributed by atoms with Gasteiger partial charge in [0.1, 0.15) is 17.0 Å². The fourth-order valence-corrected chi connectivity index (χ4v) is 2.80. The zero-order chi connectivity index (χ0) is 21.2. The lowest BCUT2D eigenvalue weighted by Gasteiger charge is -2.11. The molecular formula is C18H18F3N5O3. The van der Waals surface area contributed by atoms with Gasteiger partial charge in [-0.05, 0) is 26.0 Å². The molecule has 0 aromatic carbocycles. The molecule has 0 aliphatic heterocycles. The summed E-state index contributed by atoms with van der Waals surface area (Å²) in [5.74, 6) is -0.454. The van der Waals surface area contributed by atoms with Gasteiger partial charge in [0.05, 0.1) is 23.5 Å². The third-order valence-corrected chi connectivity index (χ3v) is 4.02. The number of ether oxygens (including phenoxy) is 1. The molecule has 154 valence electrons. The molecule has 0 radical (unpaired) electrons. The first-order valence-electron chi connectivity index (χ1n) is 8.55. The van der Waals surface area contributed by atoms with Gasteiger partial charge in [-0.3, -0.25) is 9.78 Å². The van der Waals surface area contributed by atoms with E-state index >= 15 is 0 Å². The van der Waals surface area contributed by atoms with Crippen molar-refractivity contribution in [1.29, 1.82) is 0 Å². The Labute approximate surface area is 163 Å². The molecule has 0 bridgehead atoms. The Kier molecular flexibility index (Phi) is 5.57. The predicted octanol–water partition coefficient (Wildman–Crippen LogP) is 2.96. The summed E-state index contributed by atoms with van der Waals surface area (Å²) < 4.78 is 49.1. The Morgan fingerprint density at radius 1 is 1.31 bits per heavy atom. The largest absolute Gasteiger partial charge is 0.468 e. The number of nitrogens with zero attached hydrogens (tertiary/aromatic N) is 4. The van der Waals surface area contributed by atoms with Gasteiger partial charge in [0.25, 0.3) is 5.91 Å². The Hall–Kier alpha value is -3.37. The van der Waals surface area contributed by atoms with E-state index in [0.29, 0.717) is 11.4 Å². The number of carbonyl (C=O) groups is 1. The van der Waals surface area contributed by atoms with Crippen molar-refractivity contribution in [3.8, 4) is 17.1 Å². The summed E-state index contributed by atoms with van der Waals surface area (Å²) in [5, 5.41) is 10.7. The summed E-state index contributed by atoms with van der Waals surface area (Å²) in [4.78, 5) is 16.9. The maximum absolute atomic E-state index is 12.8. The van der Waals surface area contributed by atoms with Crippen molar-refractivity contribution < 1.29 is 27.2 Å². The van der Waals surface area contributed by atoms with Crippen molar-refractivity contribution in [3.63, 3.8) is 0 Å². The van der Waals surface area contributed by atoms with Crippen molar-refractivity contribution in [3.05, 3.63) is 47.1 Å². The zero-order valence-electron chi connectivity index (χ0n) is 15.9. The zero-order valence-corrected chi connectivity index (χ0v) is 15.9. The lowest BCUT2D eigenvalue weighted by atomic mass is 10.1. The SMILES string of the molecule is Cc1nn(C)c(OCC(F)(F)F)c1-c1noc(C)c1C(=O)NCc1ccccn1. The first-order valence-corrected chi connectivity index (χ1v) is 8.55. The molecule has 3 rings (SSSR count). The van der Waals surface area contributed by atoms with Gasteiger partial charge in [-0.15, -0.1) is 0 Å². The summed E-state index contributed by atoms with van der Waals surface area (Å²) in [7, 11) is 1.44. The van der Waals surface area contributed by atoms with Gasteiger partial charge in [-0.2, -0.15) is 18.3 Å². The highest BCUT2D eigenvalue weighted by molar-refractivity contribution is 6.01. The van der Waals surface area contributed by atoms with Gasteiger partial charge in [0.15, 0.2) is 6.61 Å². The number of carbonyl (C=O) groups excluding carboxylic acids is 1. The van der Waals surface area contributed by atoms with Crippen molar-refractivity contribution in [2.24, 2.45) is 7.05 Å². The lowest BCUT2D eigenvalue weighted by molar-refractivity contribution is -0.154. The number of amides is 1. The third-order valence-electron chi connectivity index (χ3n) is 4.02. The number of rotatable bonds is 6. The van der Waals surface area contributed by atoms with E-state index in [0.717, 1.165) is 4.68 Å². The van der Waals surface area contributed by atoms with Crippen LogP contribution < -0.4 is 10.1 Å². The molecule has 0 aliphatic rings. The normalized spacial score (nSPS) is 11.5. The number of nitrogens with one attached hydrogen (secondary N) is 1. The average molecular weight is 409 g/mol. The standard InChI is InChI=1S/C18H18F3N5O3/c1-10-13(17(26(3)24-10)28-9-18(19,20)21)15-14(11(2)29-25-15)16(27)23-8-12-6-4-5-7-22-12/h4-7H,8-9H2,1-3H3,(H,23,27). The molecule has 0 saturated heterocycles. The number of aryl methyl sites for hydroxylation is 3. The quantitative estimate of drug-likeness (QED) is 0.673. The maximum atomic E-state index is 12.8. The minimum absolute atomic E-state index is 0.0591. The van der Waals surface area contributed by atoms with E-state index in [1.807, 2.05) is 0 Å². The van der Waals surface area contributed by atoms with E-state index in [9.17, 15) is 18.0 Å². The lowest BCUT2D eigenvalue weighted by Crippen LogP contribution is -2.24. The number of halogens is 3. The molecule has 3 aromatic rings. The van der Waals surface area contributed by atoms with Gasteiger partial charge in [0.2, 0.25) is 5.88 Å². The Morgan fingerprint density at radius 3 is 2.72 bits per heavy atom. The number of hydrogen-bond acceptors (Lipinski definition) is 6. The predicted molar refractivity (Wildman–Crippen MR) is 95.1 cm³/mol. The fourth-order valence-electron chi connectivity index (χ4n) is 2.80. The molecule has 0 aliphatic carbocycles. The second-order valence-corrected chi connectivity index (χ2v) is 6.26. The average Bonchev–Trinajstić information content (AvgIpc) is 3.16. The van der Waals surface area contributed by atoms with Crippen molar-refractivity contribution >= 4 is 5.91 Å². The molecule has 8 nitrogen and oxygen atoms in total. The van der Waals surface area contributed by atoms with Gasteiger partial charge >= 0.3 is 6.18 Å². The molecule has 0 spiro atoms.